The number of benzene rings is 1. The summed E-state index contributed by atoms with van der Waals surface area (Å²) in [4.78, 5) is 11.9. The van der Waals surface area contributed by atoms with Crippen molar-refractivity contribution in [1.29, 1.82) is 0 Å². The fraction of sp³-hybridized carbons (Fsp3) is 0.562. The molecule has 5 heteroatoms. The Labute approximate surface area is 141 Å². The highest BCUT2D eigenvalue weighted by atomic mass is 79.9. The standard InChI is InChI=1S/C16H23BrN2O.ClH/c1-12-10-15(17)4-3-14(12)11-19-16(20)5-2-13-6-8-18-9-7-13;/h3-4,10,13,18H,2,5-9,11H2,1H3,(H,19,20);1H. The summed E-state index contributed by atoms with van der Waals surface area (Å²) in [6.07, 6.45) is 4.09. The number of carbonyl (C=O) groups is 1. The number of hydrogen-bond acceptors (Lipinski definition) is 2. The van der Waals surface area contributed by atoms with E-state index in [1.54, 1.807) is 0 Å². The van der Waals surface area contributed by atoms with Gasteiger partial charge >= 0.3 is 0 Å². The number of rotatable bonds is 5. The number of aryl methyl sites for hydroxylation is 1. The fourth-order valence-corrected chi connectivity index (χ4v) is 3.12. The lowest BCUT2D eigenvalue weighted by Crippen LogP contribution is -2.29. The molecule has 21 heavy (non-hydrogen) atoms. The second-order valence-electron chi connectivity index (χ2n) is 5.58. The van der Waals surface area contributed by atoms with Crippen LogP contribution in [0.15, 0.2) is 22.7 Å². The molecule has 0 aliphatic carbocycles. The zero-order chi connectivity index (χ0) is 14.4. The normalized spacial score (nSPS) is 15.3. The van der Waals surface area contributed by atoms with Crippen molar-refractivity contribution in [2.24, 2.45) is 5.92 Å². The van der Waals surface area contributed by atoms with E-state index in [0.717, 1.165) is 29.9 Å². The summed E-state index contributed by atoms with van der Waals surface area (Å²) in [7, 11) is 0. The number of halogens is 2. The molecule has 1 saturated heterocycles. The topological polar surface area (TPSA) is 41.1 Å². The lowest BCUT2D eigenvalue weighted by atomic mass is 9.93. The number of carbonyl (C=O) groups excluding carboxylic acids is 1. The maximum Gasteiger partial charge on any atom is 0.220 e. The molecule has 1 aromatic carbocycles. The Morgan fingerprint density at radius 2 is 2.10 bits per heavy atom. The third kappa shape index (κ3) is 6.37. The lowest BCUT2D eigenvalue weighted by Gasteiger charge is -2.22. The van der Waals surface area contributed by atoms with E-state index in [-0.39, 0.29) is 18.3 Å². The van der Waals surface area contributed by atoms with Gasteiger partial charge in [0.15, 0.2) is 0 Å². The summed E-state index contributed by atoms with van der Waals surface area (Å²) in [6, 6.07) is 6.16. The Bertz CT molecular complexity index is 462. The van der Waals surface area contributed by atoms with Crippen molar-refractivity contribution < 1.29 is 4.79 Å². The Morgan fingerprint density at radius 3 is 2.76 bits per heavy atom. The molecule has 0 spiro atoms. The van der Waals surface area contributed by atoms with Gasteiger partial charge in [0, 0.05) is 17.4 Å². The van der Waals surface area contributed by atoms with Crippen LogP contribution in [0.5, 0.6) is 0 Å². The molecule has 3 nitrogen and oxygen atoms in total. The molecular formula is C16H24BrClN2O. The summed E-state index contributed by atoms with van der Waals surface area (Å²) in [5.41, 5.74) is 2.39. The Hall–Kier alpha value is -0.580. The zero-order valence-corrected chi connectivity index (χ0v) is 14.9. The van der Waals surface area contributed by atoms with Crippen molar-refractivity contribution in [2.45, 2.75) is 39.2 Å². The smallest absolute Gasteiger partial charge is 0.220 e. The van der Waals surface area contributed by atoms with Crippen molar-refractivity contribution in [1.82, 2.24) is 10.6 Å². The third-order valence-corrected chi connectivity index (χ3v) is 4.51. The van der Waals surface area contributed by atoms with E-state index < -0.39 is 0 Å². The highest BCUT2D eigenvalue weighted by Gasteiger charge is 2.14. The van der Waals surface area contributed by atoms with Crippen LogP contribution in [0.4, 0.5) is 0 Å². The van der Waals surface area contributed by atoms with Gasteiger partial charge in [-0.2, -0.15) is 0 Å². The van der Waals surface area contributed by atoms with Crippen molar-refractivity contribution in [3.05, 3.63) is 33.8 Å². The first-order chi connectivity index (χ1) is 9.65. The summed E-state index contributed by atoms with van der Waals surface area (Å²) in [5, 5.41) is 6.38. The van der Waals surface area contributed by atoms with Gasteiger partial charge in [0.1, 0.15) is 0 Å². The van der Waals surface area contributed by atoms with Gasteiger partial charge in [-0.05, 0) is 68.5 Å². The van der Waals surface area contributed by atoms with E-state index >= 15 is 0 Å². The average molecular weight is 376 g/mol. The van der Waals surface area contributed by atoms with Crippen LogP contribution in [0.25, 0.3) is 0 Å². The van der Waals surface area contributed by atoms with Crippen LogP contribution in [0, 0.1) is 12.8 Å². The highest BCUT2D eigenvalue weighted by molar-refractivity contribution is 9.10. The number of piperidine rings is 1. The van der Waals surface area contributed by atoms with Gasteiger partial charge in [0.2, 0.25) is 5.91 Å². The largest absolute Gasteiger partial charge is 0.352 e. The molecule has 0 atom stereocenters. The zero-order valence-electron chi connectivity index (χ0n) is 12.5. The van der Waals surface area contributed by atoms with E-state index in [9.17, 15) is 4.79 Å². The predicted octanol–water partition coefficient (Wildman–Crippen LogP) is 3.58. The minimum Gasteiger partial charge on any atom is -0.352 e. The van der Waals surface area contributed by atoms with E-state index in [1.807, 2.05) is 6.07 Å². The fourth-order valence-electron chi connectivity index (χ4n) is 2.65. The Kier molecular flexibility index (Phi) is 8.30. The number of amides is 1. The molecule has 118 valence electrons. The summed E-state index contributed by atoms with van der Waals surface area (Å²) in [6.45, 7) is 4.90. The number of nitrogens with one attached hydrogen (secondary N) is 2. The first kappa shape index (κ1) is 18.5. The minimum atomic E-state index is 0. The van der Waals surface area contributed by atoms with Crippen LogP contribution < -0.4 is 10.6 Å². The van der Waals surface area contributed by atoms with Crippen molar-refractivity contribution in [3.63, 3.8) is 0 Å². The predicted molar refractivity (Wildman–Crippen MR) is 92.8 cm³/mol. The molecule has 1 heterocycles. The first-order valence-electron chi connectivity index (χ1n) is 7.37. The van der Waals surface area contributed by atoms with E-state index in [0.29, 0.717) is 13.0 Å². The summed E-state index contributed by atoms with van der Waals surface area (Å²) in [5.74, 6) is 0.891. The van der Waals surface area contributed by atoms with Crippen molar-refractivity contribution in [2.75, 3.05) is 13.1 Å². The molecule has 0 unspecified atom stereocenters. The van der Waals surface area contributed by atoms with Gasteiger partial charge < -0.3 is 10.6 Å². The van der Waals surface area contributed by atoms with Crippen LogP contribution >= 0.6 is 28.3 Å². The minimum absolute atomic E-state index is 0. The van der Waals surface area contributed by atoms with Gasteiger partial charge in [0.25, 0.3) is 0 Å². The molecule has 1 aliphatic heterocycles. The quantitative estimate of drug-likeness (QED) is 0.826. The molecule has 1 aliphatic rings. The number of hydrogen-bond donors (Lipinski definition) is 2. The van der Waals surface area contributed by atoms with E-state index in [1.165, 1.54) is 24.0 Å². The van der Waals surface area contributed by atoms with Crippen LogP contribution in [-0.4, -0.2) is 19.0 Å². The molecular weight excluding hydrogens is 352 g/mol. The van der Waals surface area contributed by atoms with Gasteiger partial charge in [-0.1, -0.05) is 22.0 Å². The summed E-state index contributed by atoms with van der Waals surface area (Å²) < 4.78 is 1.08. The molecule has 2 N–H and O–H groups in total. The van der Waals surface area contributed by atoms with Crippen LogP contribution in [0.3, 0.4) is 0 Å². The summed E-state index contributed by atoms with van der Waals surface area (Å²) >= 11 is 3.45. The van der Waals surface area contributed by atoms with Gasteiger partial charge in [-0.15, -0.1) is 12.4 Å². The SMILES string of the molecule is Cc1cc(Br)ccc1CNC(=O)CCC1CCNCC1.Cl. The second-order valence-corrected chi connectivity index (χ2v) is 6.50. The maximum absolute atomic E-state index is 11.9. The van der Waals surface area contributed by atoms with Gasteiger partial charge in [0.05, 0.1) is 0 Å². The molecule has 1 amide bonds. The van der Waals surface area contributed by atoms with E-state index in [4.69, 9.17) is 0 Å². The van der Waals surface area contributed by atoms with Crippen molar-refractivity contribution in [3.8, 4) is 0 Å². The molecule has 1 aromatic rings. The lowest BCUT2D eigenvalue weighted by molar-refractivity contribution is -0.121. The van der Waals surface area contributed by atoms with Crippen LogP contribution in [0.1, 0.15) is 36.8 Å². The van der Waals surface area contributed by atoms with Crippen LogP contribution in [0.2, 0.25) is 0 Å². The van der Waals surface area contributed by atoms with Crippen LogP contribution in [-0.2, 0) is 11.3 Å². The monoisotopic (exact) mass is 374 g/mol. The first-order valence-corrected chi connectivity index (χ1v) is 8.17. The maximum atomic E-state index is 11.9. The van der Waals surface area contributed by atoms with Gasteiger partial charge in [-0.25, -0.2) is 0 Å². The molecule has 2 rings (SSSR count). The third-order valence-electron chi connectivity index (χ3n) is 4.02. The average Bonchev–Trinajstić information content (AvgIpc) is 2.45. The molecule has 0 aromatic heterocycles. The van der Waals surface area contributed by atoms with E-state index in [2.05, 4.69) is 45.6 Å². The molecule has 0 radical (unpaired) electrons. The van der Waals surface area contributed by atoms with Crippen molar-refractivity contribution >= 4 is 34.2 Å². The van der Waals surface area contributed by atoms with Gasteiger partial charge in [-0.3, -0.25) is 4.79 Å². The molecule has 0 bridgehead atoms. The second kappa shape index (κ2) is 9.44. The molecule has 0 saturated carbocycles. The highest BCUT2D eigenvalue weighted by Crippen LogP contribution is 2.18. The Balaban J connectivity index is 0.00000220. The Morgan fingerprint density at radius 1 is 1.38 bits per heavy atom. The molecule has 1 fully saturated rings.